The zero-order valence-corrected chi connectivity index (χ0v) is 12.1. The van der Waals surface area contributed by atoms with Gasteiger partial charge < -0.3 is 9.72 Å². The van der Waals surface area contributed by atoms with Crippen LogP contribution in [0.1, 0.15) is 11.1 Å². The fraction of sp³-hybridized carbons (Fsp3) is 0.214. The maximum atomic E-state index is 5.37. The minimum absolute atomic E-state index is 0.602. The molecule has 0 amide bonds. The lowest BCUT2D eigenvalue weighted by molar-refractivity contribution is 0.397. The fourth-order valence-corrected chi connectivity index (χ4v) is 2.36. The number of hydrogen-bond acceptors (Lipinski definition) is 4. The van der Waals surface area contributed by atoms with E-state index >= 15 is 0 Å². The maximum absolute atomic E-state index is 5.37. The lowest BCUT2D eigenvalue weighted by Gasteiger charge is -2.05. The molecule has 0 unspecified atom stereocenters. The van der Waals surface area contributed by atoms with Gasteiger partial charge in [-0.05, 0) is 36.3 Å². The van der Waals surface area contributed by atoms with Crippen molar-refractivity contribution in [1.29, 1.82) is 0 Å². The average molecular weight is 286 g/mol. The highest BCUT2D eigenvalue weighted by Crippen LogP contribution is 2.15. The molecule has 3 heterocycles. The van der Waals surface area contributed by atoms with E-state index < -0.39 is 0 Å². The number of nitrogens with zero attached hydrogens (tertiary/aromatic N) is 3. The quantitative estimate of drug-likeness (QED) is 0.752. The number of aryl methyl sites for hydroxylation is 1. The Bertz CT molecular complexity index is 804. The molecule has 0 saturated carbocycles. The van der Waals surface area contributed by atoms with E-state index in [1.807, 2.05) is 35.9 Å². The molecule has 3 rings (SSSR count). The number of imidazole rings is 1. The minimum atomic E-state index is 0.602. The Labute approximate surface area is 121 Å². The van der Waals surface area contributed by atoms with Gasteiger partial charge in [-0.15, -0.1) is 0 Å². The van der Waals surface area contributed by atoms with Crippen LogP contribution in [0.2, 0.25) is 0 Å². The van der Waals surface area contributed by atoms with Gasteiger partial charge in [0.15, 0.2) is 10.4 Å². The van der Waals surface area contributed by atoms with Crippen LogP contribution < -0.4 is 4.74 Å². The summed E-state index contributed by atoms with van der Waals surface area (Å²) in [5, 5.41) is 0. The highest BCUT2D eigenvalue weighted by molar-refractivity contribution is 7.71. The number of hydrogen-bond donors (Lipinski definition) is 1. The van der Waals surface area contributed by atoms with Crippen LogP contribution in [0.4, 0.5) is 0 Å². The third-order valence-corrected chi connectivity index (χ3v) is 3.42. The summed E-state index contributed by atoms with van der Waals surface area (Å²) in [5.41, 5.74) is 3.96. The molecule has 0 radical (unpaired) electrons. The van der Waals surface area contributed by atoms with Gasteiger partial charge in [-0.2, -0.15) is 0 Å². The van der Waals surface area contributed by atoms with Crippen LogP contribution in [0, 0.1) is 11.7 Å². The molecule has 0 bridgehead atoms. The first-order valence-corrected chi connectivity index (χ1v) is 6.62. The minimum Gasteiger partial charge on any atom is -0.481 e. The van der Waals surface area contributed by atoms with Gasteiger partial charge in [-0.25, -0.2) is 9.97 Å². The molecule has 0 aromatic carbocycles. The van der Waals surface area contributed by atoms with Crippen LogP contribution in [0.3, 0.4) is 0 Å². The van der Waals surface area contributed by atoms with Crippen molar-refractivity contribution in [1.82, 2.24) is 19.5 Å². The Morgan fingerprint density at radius 1 is 1.30 bits per heavy atom. The number of H-pyrrole nitrogens is 1. The molecule has 0 aliphatic heterocycles. The summed E-state index contributed by atoms with van der Waals surface area (Å²) in [6.07, 6.45) is 3.63. The third kappa shape index (κ3) is 2.30. The van der Waals surface area contributed by atoms with E-state index in [0.717, 1.165) is 22.3 Å². The Morgan fingerprint density at radius 3 is 2.85 bits per heavy atom. The summed E-state index contributed by atoms with van der Waals surface area (Å²) in [5.74, 6) is 0.602. The Hall–Kier alpha value is -2.21. The summed E-state index contributed by atoms with van der Waals surface area (Å²) < 4.78 is 7.68. The summed E-state index contributed by atoms with van der Waals surface area (Å²) in [4.78, 5) is 11.8. The van der Waals surface area contributed by atoms with Crippen LogP contribution in [-0.4, -0.2) is 26.6 Å². The summed E-state index contributed by atoms with van der Waals surface area (Å²) in [7, 11) is 1.60. The van der Waals surface area contributed by atoms with Crippen molar-refractivity contribution < 1.29 is 4.74 Å². The zero-order valence-electron chi connectivity index (χ0n) is 11.3. The van der Waals surface area contributed by atoms with E-state index in [9.17, 15) is 0 Å². The molecule has 20 heavy (non-hydrogen) atoms. The first kappa shape index (κ1) is 12.8. The maximum Gasteiger partial charge on any atom is 0.212 e. The second kappa shape index (κ2) is 5.05. The molecular formula is C14H14N4OS. The second-order valence-corrected chi connectivity index (χ2v) is 5.00. The molecular weight excluding hydrogens is 272 g/mol. The second-order valence-electron chi connectivity index (χ2n) is 4.61. The van der Waals surface area contributed by atoms with Crippen LogP contribution in [0.5, 0.6) is 5.88 Å². The van der Waals surface area contributed by atoms with Crippen LogP contribution >= 0.6 is 12.2 Å². The van der Waals surface area contributed by atoms with Gasteiger partial charge in [0, 0.05) is 18.5 Å². The van der Waals surface area contributed by atoms with E-state index in [2.05, 4.69) is 15.0 Å². The van der Waals surface area contributed by atoms with Crippen molar-refractivity contribution in [2.45, 2.75) is 13.5 Å². The molecule has 1 N–H and O–H groups in total. The molecule has 0 fully saturated rings. The summed E-state index contributed by atoms with van der Waals surface area (Å²) >= 11 is 5.37. The summed E-state index contributed by atoms with van der Waals surface area (Å²) in [6, 6.07) is 5.85. The SMILES string of the molecule is COc1ccc(Cn2c(=S)[nH]c3cc(C)cnc32)cn1. The van der Waals surface area contributed by atoms with Gasteiger partial charge in [0.25, 0.3) is 0 Å². The monoisotopic (exact) mass is 286 g/mol. The number of pyridine rings is 2. The van der Waals surface area contributed by atoms with Crippen molar-refractivity contribution in [3.8, 4) is 5.88 Å². The van der Waals surface area contributed by atoms with E-state index in [1.165, 1.54) is 0 Å². The van der Waals surface area contributed by atoms with Crippen molar-refractivity contribution in [2.24, 2.45) is 0 Å². The van der Waals surface area contributed by atoms with Crippen molar-refractivity contribution in [2.75, 3.05) is 7.11 Å². The number of rotatable bonds is 3. The molecule has 6 heteroatoms. The molecule has 3 aromatic rings. The third-order valence-electron chi connectivity index (χ3n) is 3.09. The van der Waals surface area contributed by atoms with Crippen LogP contribution in [-0.2, 0) is 6.54 Å². The number of nitrogens with one attached hydrogen (secondary N) is 1. The van der Waals surface area contributed by atoms with Gasteiger partial charge in [0.05, 0.1) is 19.2 Å². The van der Waals surface area contributed by atoms with E-state index in [0.29, 0.717) is 17.2 Å². The standard InChI is InChI=1S/C14H14N4OS/c1-9-5-11-13(16-6-9)18(14(20)17-11)8-10-3-4-12(19-2)15-7-10/h3-7H,8H2,1-2H3,(H,17,20). The van der Waals surface area contributed by atoms with Crippen molar-refractivity contribution in [3.05, 3.63) is 46.5 Å². The van der Waals surface area contributed by atoms with Gasteiger partial charge >= 0.3 is 0 Å². The van der Waals surface area contributed by atoms with E-state index in [1.54, 1.807) is 13.3 Å². The highest BCUT2D eigenvalue weighted by Gasteiger charge is 2.07. The lowest BCUT2D eigenvalue weighted by Crippen LogP contribution is -2.01. The van der Waals surface area contributed by atoms with Crippen molar-refractivity contribution >= 4 is 23.4 Å². The normalized spacial score (nSPS) is 10.9. The van der Waals surface area contributed by atoms with Crippen molar-refractivity contribution in [3.63, 3.8) is 0 Å². The molecule has 5 nitrogen and oxygen atoms in total. The molecule has 0 spiro atoms. The zero-order chi connectivity index (χ0) is 14.1. The molecule has 102 valence electrons. The van der Waals surface area contributed by atoms with Crippen LogP contribution in [0.15, 0.2) is 30.6 Å². The predicted octanol–water partition coefficient (Wildman–Crippen LogP) is 2.85. The highest BCUT2D eigenvalue weighted by atomic mass is 32.1. The van der Waals surface area contributed by atoms with Gasteiger partial charge in [0.2, 0.25) is 5.88 Å². The van der Waals surface area contributed by atoms with Gasteiger partial charge in [-0.1, -0.05) is 6.07 Å². The van der Waals surface area contributed by atoms with Gasteiger partial charge in [-0.3, -0.25) is 4.57 Å². The predicted molar refractivity (Wildman–Crippen MR) is 79.5 cm³/mol. The lowest BCUT2D eigenvalue weighted by atomic mass is 10.3. The van der Waals surface area contributed by atoms with Crippen LogP contribution in [0.25, 0.3) is 11.2 Å². The Morgan fingerprint density at radius 2 is 2.15 bits per heavy atom. The largest absolute Gasteiger partial charge is 0.481 e. The topological polar surface area (TPSA) is 55.7 Å². The smallest absolute Gasteiger partial charge is 0.212 e. The Kier molecular flexibility index (Phi) is 3.23. The molecule has 0 aliphatic rings. The molecule has 0 saturated heterocycles. The first-order chi connectivity index (χ1) is 9.67. The first-order valence-electron chi connectivity index (χ1n) is 6.21. The summed E-state index contributed by atoms with van der Waals surface area (Å²) in [6.45, 7) is 2.64. The van der Waals surface area contributed by atoms with E-state index in [-0.39, 0.29) is 0 Å². The molecule has 0 atom stereocenters. The average Bonchev–Trinajstić information content (AvgIpc) is 2.75. The fourth-order valence-electron chi connectivity index (χ4n) is 2.10. The number of fused-ring (bicyclic) bond motifs is 1. The van der Waals surface area contributed by atoms with E-state index in [4.69, 9.17) is 17.0 Å². The Balaban J connectivity index is 2.01. The molecule has 3 aromatic heterocycles. The number of methoxy groups -OCH3 is 1. The van der Waals surface area contributed by atoms with Gasteiger partial charge in [0.1, 0.15) is 0 Å². The number of aromatic nitrogens is 4. The molecule has 0 aliphatic carbocycles. The number of aromatic amines is 1. The number of ether oxygens (including phenoxy) is 1.